The predicted molar refractivity (Wildman–Crippen MR) is 76.4 cm³/mol. The highest BCUT2D eigenvalue weighted by Gasteiger charge is 2.19. The van der Waals surface area contributed by atoms with Crippen molar-refractivity contribution in [1.82, 2.24) is 9.38 Å². The molecule has 106 valence electrons. The molecule has 0 atom stereocenters. The molecule has 0 saturated heterocycles. The first-order valence-electron chi connectivity index (χ1n) is 5.94. The molecule has 0 bridgehead atoms. The summed E-state index contributed by atoms with van der Waals surface area (Å²) in [6, 6.07) is 4.53. The van der Waals surface area contributed by atoms with Gasteiger partial charge in [0.05, 0.1) is 10.5 Å². The fourth-order valence-electron chi connectivity index (χ4n) is 1.98. The molecule has 0 saturated carbocycles. The summed E-state index contributed by atoms with van der Waals surface area (Å²) >= 11 is 1.37. The third kappa shape index (κ3) is 2.15. The van der Waals surface area contributed by atoms with Gasteiger partial charge in [0, 0.05) is 17.6 Å². The average Bonchev–Trinajstić information content (AvgIpc) is 3.01. The summed E-state index contributed by atoms with van der Waals surface area (Å²) in [7, 11) is 0. The van der Waals surface area contributed by atoms with Crippen molar-refractivity contribution in [2.24, 2.45) is 0 Å². The third-order valence-corrected chi connectivity index (χ3v) is 3.79. The maximum Gasteiger partial charge on any atom is 0.276 e. The van der Waals surface area contributed by atoms with Crippen molar-refractivity contribution in [3.8, 4) is 11.6 Å². The van der Waals surface area contributed by atoms with Crippen LogP contribution in [-0.2, 0) is 0 Å². The molecule has 0 aliphatic carbocycles. The molecule has 0 radical (unpaired) electrons. The second-order valence-corrected chi connectivity index (χ2v) is 5.11. The third-order valence-electron chi connectivity index (χ3n) is 3.04. The SMILES string of the molecule is Cc1c(Oc2nc3sccn3c2C=O)cccc1[N+](=O)[O-]. The van der Waals surface area contributed by atoms with Crippen LogP contribution in [0.3, 0.4) is 0 Å². The number of thiazole rings is 1. The van der Waals surface area contributed by atoms with E-state index in [1.54, 1.807) is 29.0 Å². The molecule has 21 heavy (non-hydrogen) atoms. The van der Waals surface area contributed by atoms with Gasteiger partial charge >= 0.3 is 0 Å². The number of nitro benzene ring substituents is 1. The highest BCUT2D eigenvalue weighted by Crippen LogP contribution is 2.32. The molecule has 2 heterocycles. The van der Waals surface area contributed by atoms with Gasteiger partial charge in [-0.2, -0.15) is 4.98 Å². The Morgan fingerprint density at radius 2 is 2.29 bits per heavy atom. The molecule has 0 aliphatic heterocycles. The minimum Gasteiger partial charge on any atom is -0.436 e. The molecule has 8 heteroatoms. The lowest BCUT2D eigenvalue weighted by atomic mass is 10.2. The van der Waals surface area contributed by atoms with E-state index in [1.807, 2.05) is 0 Å². The van der Waals surface area contributed by atoms with Crippen LogP contribution in [0.15, 0.2) is 29.8 Å². The number of aromatic nitrogens is 2. The van der Waals surface area contributed by atoms with Crippen LogP contribution >= 0.6 is 11.3 Å². The van der Waals surface area contributed by atoms with Crippen LogP contribution in [0.2, 0.25) is 0 Å². The van der Waals surface area contributed by atoms with Crippen molar-refractivity contribution in [2.45, 2.75) is 6.92 Å². The Labute approximate surface area is 122 Å². The summed E-state index contributed by atoms with van der Waals surface area (Å²) in [4.78, 5) is 26.5. The van der Waals surface area contributed by atoms with Gasteiger partial charge in [-0.3, -0.25) is 19.3 Å². The van der Waals surface area contributed by atoms with Crippen LogP contribution in [0, 0.1) is 17.0 Å². The van der Waals surface area contributed by atoms with E-state index in [4.69, 9.17) is 4.74 Å². The second-order valence-electron chi connectivity index (χ2n) is 4.24. The maximum atomic E-state index is 11.2. The fraction of sp³-hybridized carbons (Fsp3) is 0.0769. The number of hydrogen-bond acceptors (Lipinski definition) is 6. The molecule has 0 amide bonds. The zero-order valence-corrected chi connectivity index (χ0v) is 11.7. The number of carbonyl (C=O) groups is 1. The molecule has 7 nitrogen and oxygen atoms in total. The molecule has 0 fully saturated rings. The van der Waals surface area contributed by atoms with Gasteiger partial charge in [-0.15, -0.1) is 11.3 Å². The van der Waals surface area contributed by atoms with Crippen molar-refractivity contribution in [1.29, 1.82) is 0 Å². The molecule has 3 rings (SSSR count). The van der Waals surface area contributed by atoms with E-state index in [-0.39, 0.29) is 17.3 Å². The van der Waals surface area contributed by atoms with Crippen molar-refractivity contribution in [3.63, 3.8) is 0 Å². The molecule has 0 unspecified atom stereocenters. The first-order chi connectivity index (χ1) is 10.1. The fourth-order valence-corrected chi connectivity index (χ4v) is 2.69. The number of fused-ring (bicyclic) bond motifs is 1. The van der Waals surface area contributed by atoms with E-state index < -0.39 is 4.92 Å². The van der Waals surface area contributed by atoms with Gasteiger partial charge < -0.3 is 4.74 Å². The quantitative estimate of drug-likeness (QED) is 0.419. The number of rotatable bonds is 4. The van der Waals surface area contributed by atoms with Gasteiger partial charge in [-0.05, 0) is 13.0 Å². The van der Waals surface area contributed by atoms with Crippen molar-refractivity contribution >= 4 is 28.3 Å². The smallest absolute Gasteiger partial charge is 0.276 e. The van der Waals surface area contributed by atoms with Gasteiger partial charge in [0.25, 0.3) is 5.69 Å². The Hall–Kier alpha value is -2.74. The van der Waals surface area contributed by atoms with E-state index in [0.717, 1.165) is 0 Å². The minimum atomic E-state index is -0.478. The molecule has 2 aromatic heterocycles. The van der Waals surface area contributed by atoms with Crippen molar-refractivity contribution in [3.05, 3.63) is 51.1 Å². The summed E-state index contributed by atoms with van der Waals surface area (Å²) in [5.74, 6) is 0.443. The van der Waals surface area contributed by atoms with Crippen molar-refractivity contribution in [2.75, 3.05) is 0 Å². The second kappa shape index (κ2) is 4.98. The van der Waals surface area contributed by atoms with Crippen LogP contribution in [0.1, 0.15) is 16.1 Å². The largest absolute Gasteiger partial charge is 0.436 e. The maximum absolute atomic E-state index is 11.2. The molecular weight excluding hydrogens is 294 g/mol. The number of benzene rings is 1. The number of imidazole rings is 1. The normalized spacial score (nSPS) is 10.7. The van der Waals surface area contributed by atoms with Crippen LogP contribution < -0.4 is 4.74 Å². The summed E-state index contributed by atoms with van der Waals surface area (Å²) < 4.78 is 7.22. The van der Waals surface area contributed by atoms with Gasteiger partial charge in [0.1, 0.15) is 5.75 Å². The minimum absolute atomic E-state index is 0.0406. The number of hydrogen-bond donors (Lipinski definition) is 0. The van der Waals surface area contributed by atoms with E-state index in [9.17, 15) is 14.9 Å². The van der Waals surface area contributed by atoms with Gasteiger partial charge in [-0.1, -0.05) is 6.07 Å². The molecule has 0 N–H and O–H groups in total. The Bertz CT molecular complexity index is 852. The standard InChI is InChI=1S/C13H9N3O4S/c1-8-9(16(18)19)3-2-4-11(8)20-12-10(7-17)15-5-6-21-13(15)14-12/h2-7H,1H3. The predicted octanol–water partition coefficient (Wildman–Crippen LogP) is 3.22. The lowest BCUT2D eigenvalue weighted by molar-refractivity contribution is -0.385. The first kappa shape index (κ1) is 13.3. The zero-order valence-electron chi connectivity index (χ0n) is 10.8. The van der Waals surface area contributed by atoms with E-state index >= 15 is 0 Å². The van der Waals surface area contributed by atoms with Crippen molar-refractivity contribution < 1.29 is 14.5 Å². The molecule has 1 aromatic carbocycles. The van der Waals surface area contributed by atoms with E-state index in [1.165, 1.54) is 23.5 Å². The first-order valence-corrected chi connectivity index (χ1v) is 6.82. The summed E-state index contributed by atoms with van der Waals surface area (Å²) in [5.41, 5.74) is 0.619. The monoisotopic (exact) mass is 303 g/mol. The lowest BCUT2D eigenvalue weighted by Crippen LogP contribution is -1.96. The lowest BCUT2D eigenvalue weighted by Gasteiger charge is -2.06. The van der Waals surface area contributed by atoms with Gasteiger partial charge in [-0.25, -0.2) is 0 Å². The average molecular weight is 303 g/mol. The summed E-state index contributed by atoms with van der Waals surface area (Å²) in [6.45, 7) is 1.59. The van der Waals surface area contributed by atoms with E-state index in [0.29, 0.717) is 22.6 Å². The Balaban J connectivity index is 2.06. The zero-order chi connectivity index (χ0) is 15.0. The highest BCUT2D eigenvalue weighted by molar-refractivity contribution is 7.15. The highest BCUT2D eigenvalue weighted by atomic mass is 32.1. The molecule has 3 aromatic rings. The summed E-state index contributed by atoms with van der Waals surface area (Å²) in [6.07, 6.45) is 2.36. The van der Waals surface area contributed by atoms with Crippen LogP contribution in [0.4, 0.5) is 5.69 Å². The number of ether oxygens (including phenoxy) is 1. The Kier molecular flexibility index (Phi) is 3.15. The summed E-state index contributed by atoms with van der Waals surface area (Å²) in [5, 5.41) is 12.7. The topological polar surface area (TPSA) is 86.7 Å². The number of carbonyl (C=O) groups excluding carboxylic acids is 1. The van der Waals surface area contributed by atoms with Crippen LogP contribution in [0.25, 0.3) is 4.96 Å². The van der Waals surface area contributed by atoms with Gasteiger partial charge in [0.15, 0.2) is 16.9 Å². The molecule has 0 aliphatic rings. The number of nitrogens with zero attached hydrogens (tertiary/aromatic N) is 3. The van der Waals surface area contributed by atoms with Crippen LogP contribution in [-0.4, -0.2) is 20.6 Å². The van der Waals surface area contributed by atoms with Crippen LogP contribution in [0.5, 0.6) is 11.6 Å². The Morgan fingerprint density at radius 1 is 1.48 bits per heavy atom. The number of nitro groups is 1. The Morgan fingerprint density at radius 3 is 3.00 bits per heavy atom. The molecule has 0 spiro atoms. The molecular formula is C13H9N3O4S. The van der Waals surface area contributed by atoms with Gasteiger partial charge in [0.2, 0.25) is 5.88 Å². The number of aldehydes is 1. The van der Waals surface area contributed by atoms with E-state index in [2.05, 4.69) is 4.98 Å².